The van der Waals surface area contributed by atoms with Crippen LogP contribution < -0.4 is 14.8 Å². The van der Waals surface area contributed by atoms with Crippen LogP contribution in [0.25, 0.3) is 6.08 Å². The first-order chi connectivity index (χ1) is 17.3. The van der Waals surface area contributed by atoms with Gasteiger partial charge in [0.1, 0.15) is 6.61 Å². The molecule has 184 valence electrons. The molecule has 0 aromatic heterocycles. The number of aliphatic imine (C=N–C) groups is 1. The van der Waals surface area contributed by atoms with Crippen molar-refractivity contribution < 1.29 is 19.2 Å². The van der Waals surface area contributed by atoms with Crippen molar-refractivity contribution in [1.29, 1.82) is 0 Å². The monoisotopic (exact) mass is 615 g/mol. The minimum Gasteiger partial charge on any atom is -0.490 e. The molecule has 1 saturated heterocycles. The standard InChI is InChI=1S/C26H22IN3O5S/c1-3-34-22-13-18(12-21(27)24(22)35-15-17-5-4-6-20(11-17)30(32)33)14-23-25(31)29-26(36-23)28-19-9-7-16(2)8-10-19/h4-14H,3,15H2,1-2H3,(H,28,29,31)/b23-14+. The molecule has 0 unspecified atom stereocenters. The van der Waals surface area contributed by atoms with Gasteiger partial charge in [-0.3, -0.25) is 14.9 Å². The predicted molar refractivity (Wildman–Crippen MR) is 150 cm³/mol. The Balaban J connectivity index is 1.55. The normalized spacial score (nSPS) is 15.2. The van der Waals surface area contributed by atoms with E-state index in [9.17, 15) is 14.9 Å². The lowest BCUT2D eigenvalue weighted by molar-refractivity contribution is -0.384. The number of halogens is 1. The largest absolute Gasteiger partial charge is 0.490 e. The highest BCUT2D eigenvalue weighted by Crippen LogP contribution is 2.37. The van der Waals surface area contributed by atoms with E-state index in [1.807, 2.05) is 50.2 Å². The van der Waals surface area contributed by atoms with Crippen molar-refractivity contribution >= 4 is 62.9 Å². The third kappa shape index (κ3) is 6.43. The quantitative estimate of drug-likeness (QED) is 0.137. The third-order valence-corrected chi connectivity index (χ3v) is 6.76. The Morgan fingerprint density at radius 3 is 2.64 bits per heavy atom. The molecule has 0 saturated carbocycles. The molecule has 1 aliphatic heterocycles. The summed E-state index contributed by atoms with van der Waals surface area (Å²) < 4.78 is 12.6. The summed E-state index contributed by atoms with van der Waals surface area (Å²) in [5.74, 6) is 0.847. The molecule has 1 heterocycles. The summed E-state index contributed by atoms with van der Waals surface area (Å²) in [5, 5.41) is 14.4. The molecule has 0 bridgehead atoms. The van der Waals surface area contributed by atoms with Crippen molar-refractivity contribution in [1.82, 2.24) is 5.32 Å². The van der Waals surface area contributed by atoms with Crippen LogP contribution in [0, 0.1) is 20.6 Å². The van der Waals surface area contributed by atoms with Gasteiger partial charge in [0.05, 0.1) is 25.7 Å². The summed E-state index contributed by atoms with van der Waals surface area (Å²) >= 11 is 3.43. The Bertz CT molecular complexity index is 1370. The number of nitro groups is 1. The number of nitro benzene ring substituents is 1. The minimum atomic E-state index is -0.435. The number of carbonyl (C=O) groups excluding carboxylic acids is 1. The molecule has 1 fully saturated rings. The number of carbonyl (C=O) groups is 1. The fourth-order valence-corrected chi connectivity index (χ4v) is 4.98. The van der Waals surface area contributed by atoms with Gasteiger partial charge >= 0.3 is 0 Å². The van der Waals surface area contributed by atoms with E-state index in [2.05, 4.69) is 32.9 Å². The van der Waals surface area contributed by atoms with E-state index in [0.29, 0.717) is 33.7 Å². The summed E-state index contributed by atoms with van der Waals surface area (Å²) in [6, 6.07) is 17.8. The summed E-state index contributed by atoms with van der Waals surface area (Å²) in [7, 11) is 0. The van der Waals surface area contributed by atoms with Gasteiger partial charge in [0, 0.05) is 12.1 Å². The number of hydrogen-bond donors (Lipinski definition) is 1. The molecule has 36 heavy (non-hydrogen) atoms. The second kappa shape index (κ2) is 11.6. The van der Waals surface area contributed by atoms with E-state index in [1.54, 1.807) is 18.2 Å². The first kappa shape index (κ1) is 25.7. The van der Waals surface area contributed by atoms with Crippen molar-refractivity contribution in [2.24, 2.45) is 4.99 Å². The van der Waals surface area contributed by atoms with Crippen LogP contribution in [0.3, 0.4) is 0 Å². The van der Waals surface area contributed by atoms with Crippen molar-refractivity contribution in [3.8, 4) is 11.5 Å². The third-order valence-electron chi connectivity index (χ3n) is 5.05. The maximum atomic E-state index is 12.5. The molecule has 8 nitrogen and oxygen atoms in total. The van der Waals surface area contributed by atoms with Gasteiger partial charge in [0.15, 0.2) is 16.7 Å². The van der Waals surface area contributed by atoms with Crippen LogP contribution >= 0.6 is 34.4 Å². The number of thioether (sulfide) groups is 1. The topological polar surface area (TPSA) is 103 Å². The van der Waals surface area contributed by atoms with Crippen molar-refractivity contribution in [3.63, 3.8) is 0 Å². The number of aryl methyl sites for hydroxylation is 1. The molecule has 0 spiro atoms. The molecule has 4 rings (SSSR count). The van der Waals surface area contributed by atoms with Crippen molar-refractivity contribution in [2.45, 2.75) is 20.5 Å². The van der Waals surface area contributed by atoms with Gasteiger partial charge in [-0.05, 0) is 89.7 Å². The second-order valence-electron chi connectivity index (χ2n) is 7.80. The number of non-ortho nitro benzene ring substituents is 1. The van der Waals surface area contributed by atoms with Crippen LogP contribution in [0.4, 0.5) is 11.4 Å². The van der Waals surface area contributed by atoms with E-state index in [0.717, 1.165) is 20.4 Å². The van der Waals surface area contributed by atoms with E-state index < -0.39 is 4.92 Å². The molecule has 10 heteroatoms. The zero-order chi connectivity index (χ0) is 25.7. The number of amidine groups is 1. The van der Waals surface area contributed by atoms with Gasteiger partial charge in [0.2, 0.25) is 0 Å². The Morgan fingerprint density at radius 1 is 1.14 bits per heavy atom. The molecule has 1 amide bonds. The summed E-state index contributed by atoms with van der Waals surface area (Å²) in [6.07, 6.45) is 1.78. The summed E-state index contributed by atoms with van der Waals surface area (Å²) in [6.45, 7) is 4.45. The molecule has 1 aliphatic rings. The molecular weight excluding hydrogens is 593 g/mol. The molecule has 3 aromatic carbocycles. The van der Waals surface area contributed by atoms with E-state index in [-0.39, 0.29) is 18.2 Å². The van der Waals surface area contributed by atoms with Crippen molar-refractivity contribution in [2.75, 3.05) is 6.61 Å². The number of benzene rings is 3. The van der Waals surface area contributed by atoms with Gasteiger partial charge in [-0.15, -0.1) is 0 Å². The van der Waals surface area contributed by atoms with E-state index in [1.165, 1.54) is 23.9 Å². The van der Waals surface area contributed by atoms with E-state index in [4.69, 9.17) is 9.47 Å². The number of amides is 1. The van der Waals surface area contributed by atoms with Gasteiger partial charge in [0.25, 0.3) is 11.6 Å². The summed E-state index contributed by atoms with van der Waals surface area (Å²) in [5.41, 5.74) is 3.37. The van der Waals surface area contributed by atoms with Gasteiger partial charge in [-0.2, -0.15) is 0 Å². The molecule has 0 atom stereocenters. The van der Waals surface area contributed by atoms with Crippen molar-refractivity contribution in [3.05, 3.63) is 95.9 Å². The van der Waals surface area contributed by atoms with Crippen LogP contribution in [-0.4, -0.2) is 22.6 Å². The zero-order valence-corrected chi connectivity index (χ0v) is 22.5. The highest BCUT2D eigenvalue weighted by atomic mass is 127. The van der Waals surface area contributed by atoms with Gasteiger partial charge in [-0.25, -0.2) is 4.99 Å². The second-order valence-corrected chi connectivity index (χ2v) is 9.99. The SMILES string of the molecule is CCOc1cc(/C=C2/SC(=Nc3ccc(C)cc3)NC2=O)cc(I)c1OCc1cccc([N+](=O)[O-])c1. The Labute approximate surface area is 226 Å². The van der Waals surface area contributed by atoms with Gasteiger partial charge in [-0.1, -0.05) is 29.8 Å². The molecular formula is C26H22IN3O5S. The lowest BCUT2D eigenvalue weighted by Gasteiger charge is -2.15. The lowest BCUT2D eigenvalue weighted by atomic mass is 10.1. The van der Waals surface area contributed by atoms with Crippen LogP contribution in [0.5, 0.6) is 11.5 Å². The number of hydrogen-bond acceptors (Lipinski definition) is 7. The average Bonchev–Trinajstić information content (AvgIpc) is 3.18. The van der Waals surface area contributed by atoms with Gasteiger partial charge < -0.3 is 14.8 Å². The number of ether oxygens (including phenoxy) is 2. The Hall–Kier alpha value is -3.38. The lowest BCUT2D eigenvalue weighted by Crippen LogP contribution is -2.19. The fourth-order valence-electron chi connectivity index (χ4n) is 3.36. The first-order valence-corrected chi connectivity index (χ1v) is 12.9. The number of rotatable bonds is 8. The molecule has 3 aromatic rings. The summed E-state index contributed by atoms with van der Waals surface area (Å²) in [4.78, 5) is 28.2. The Kier molecular flexibility index (Phi) is 8.26. The maximum absolute atomic E-state index is 12.5. The molecule has 0 radical (unpaired) electrons. The fraction of sp³-hybridized carbons (Fsp3) is 0.154. The van der Waals surface area contributed by atoms with Crippen LogP contribution in [0.2, 0.25) is 0 Å². The van der Waals surface area contributed by atoms with E-state index >= 15 is 0 Å². The molecule has 0 aliphatic carbocycles. The molecule has 1 N–H and O–H groups in total. The van der Waals surface area contributed by atoms with Crippen LogP contribution in [0.1, 0.15) is 23.6 Å². The smallest absolute Gasteiger partial charge is 0.269 e. The predicted octanol–water partition coefficient (Wildman–Crippen LogP) is 6.38. The number of nitrogens with zero attached hydrogens (tertiary/aromatic N) is 2. The highest BCUT2D eigenvalue weighted by molar-refractivity contribution is 14.1. The Morgan fingerprint density at radius 2 is 1.92 bits per heavy atom. The van der Waals surface area contributed by atoms with Crippen LogP contribution in [0.15, 0.2) is 70.6 Å². The average molecular weight is 615 g/mol. The first-order valence-electron chi connectivity index (χ1n) is 11.0. The maximum Gasteiger partial charge on any atom is 0.269 e. The number of nitrogens with one attached hydrogen (secondary N) is 1. The zero-order valence-electron chi connectivity index (χ0n) is 19.5. The highest BCUT2D eigenvalue weighted by Gasteiger charge is 2.24. The minimum absolute atomic E-state index is 0.00966. The van der Waals surface area contributed by atoms with Crippen LogP contribution in [-0.2, 0) is 11.4 Å².